The Labute approximate surface area is 210 Å². The number of aryl methyl sites for hydroxylation is 1. The average Bonchev–Trinajstić information content (AvgIpc) is 3.24. The zero-order chi connectivity index (χ0) is 24.5. The van der Waals surface area contributed by atoms with Crippen molar-refractivity contribution in [2.75, 3.05) is 20.3 Å². The Morgan fingerprint density at radius 2 is 1.69 bits per heavy atom. The minimum absolute atomic E-state index is 0.0708. The topological polar surface area (TPSA) is 65.4 Å². The molecule has 0 spiro atoms. The molecule has 0 bridgehead atoms. The smallest absolute Gasteiger partial charge is 0.251 e. The Bertz CT molecular complexity index is 1250. The highest BCUT2D eigenvalue weighted by molar-refractivity contribution is 6.30. The summed E-state index contributed by atoms with van der Waals surface area (Å²) in [4.78, 5) is 17.1. The molecule has 0 radical (unpaired) electrons. The summed E-state index contributed by atoms with van der Waals surface area (Å²) >= 11 is 5.88. The summed E-state index contributed by atoms with van der Waals surface area (Å²) in [7, 11) is 1.65. The van der Waals surface area contributed by atoms with Gasteiger partial charge in [0.2, 0.25) is 0 Å². The summed E-state index contributed by atoms with van der Waals surface area (Å²) in [5.41, 5.74) is 2.73. The van der Waals surface area contributed by atoms with E-state index >= 15 is 0 Å². The van der Waals surface area contributed by atoms with E-state index in [1.54, 1.807) is 31.4 Å². The number of imidazole rings is 1. The minimum Gasteiger partial charge on any atom is -0.493 e. The van der Waals surface area contributed by atoms with E-state index in [2.05, 4.69) is 16.0 Å². The van der Waals surface area contributed by atoms with Gasteiger partial charge in [0.25, 0.3) is 5.91 Å². The van der Waals surface area contributed by atoms with Gasteiger partial charge in [-0.2, -0.15) is 0 Å². The van der Waals surface area contributed by atoms with Gasteiger partial charge in [-0.3, -0.25) is 4.79 Å². The molecule has 35 heavy (non-hydrogen) atoms. The average molecular weight is 492 g/mol. The van der Waals surface area contributed by atoms with Crippen LogP contribution in [0.2, 0.25) is 5.02 Å². The fourth-order valence-corrected chi connectivity index (χ4v) is 4.17. The second kappa shape index (κ2) is 12.3. The van der Waals surface area contributed by atoms with Crippen molar-refractivity contribution in [1.29, 1.82) is 0 Å². The van der Waals surface area contributed by atoms with Gasteiger partial charge in [-0.1, -0.05) is 42.3 Å². The second-order valence-electron chi connectivity index (χ2n) is 8.24. The molecule has 3 aromatic carbocycles. The number of unbranched alkanes of at least 4 members (excludes halogenated alkanes) is 2. The number of fused-ring (bicyclic) bond motifs is 1. The molecule has 6 nitrogen and oxygen atoms in total. The van der Waals surface area contributed by atoms with Crippen LogP contribution >= 0.6 is 11.6 Å². The maximum absolute atomic E-state index is 12.2. The summed E-state index contributed by atoms with van der Waals surface area (Å²) < 4.78 is 13.6. The van der Waals surface area contributed by atoms with Crippen molar-refractivity contribution >= 4 is 28.5 Å². The fourth-order valence-electron chi connectivity index (χ4n) is 4.04. The molecule has 0 aliphatic carbocycles. The number of aromatic nitrogens is 2. The van der Waals surface area contributed by atoms with Gasteiger partial charge in [-0.05, 0) is 61.4 Å². The molecule has 0 aliphatic heterocycles. The molecule has 1 aromatic heterocycles. The van der Waals surface area contributed by atoms with E-state index in [9.17, 15) is 4.79 Å². The number of carbonyl (C=O) groups is 1. The van der Waals surface area contributed by atoms with Crippen molar-refractivity contribution in [3.05, 3.63) is 89.2 Å². The number of hydrogen-bond acceptors (Lipinski definition) is 4. The number of nitrogens with one attached hydrogen (secondary N) is 1. The lowest BCUT2D eigenvalue weighted by Crippen LogP contribution is -2.24. The lowest BCUT2D eigenvalue weighted by molar-refractivity contribution is 0.0953. The first-order chi connectivity index (χ1) is 17.2. The predicted molar refractivity (Wildman–Crippen MR) is 140 cm³/mol. The van der Waals surface area contributed by atoms with Crippen LogP contribution in [0.15, 0.2) is 72.8 Å². The first kappa shape index (κ1) is 24.6. The minimum atomic E-state index is -0.0708. The number of para-hydroxylation sites is 4. The quantitative estimate of drug-likeness (QED) is 0.250. The first-order valence-corrected chi connectivity index (χ1v) is 12.3. The third kappa shape index (κ3) is 6.55. The molecule has 182 valence electrons. The van der Waals surface area contributed by atoms with Gasteiger partial charge >= 0.3 is 0 Å². The SMILES string of the molecule is COc1ccccc1OCCn1c(CCCCCNC(=O)c2ccc(Cl)cc2)nc2ccccc21. The van der Waals surface area contributed by atoms with Crippen LogP contribution in [-0.2, 0) is 13.0 Å². The van der Waals surface area contributed by atoms with Gasteiger partial charge < -0.3 is 19.4 Å². The predicted octanol–water partition coefficient (Wildman–Crippen LogP) is 5.92. The number of hydrogen-bond donors (Lipinski definition) is 1. The number of amides is 1. The van der Waals surface area contributed by atoms with Crippen molar-refractivity contribution in [3.8, 4) is 11.5 Å². The third-order valence-electron chi connectivity index (χ3n) is 5.84. The van der Waals surface area contributed by atoms with Crippen LogP contribution in [0, 0.1) is 0 Å². The molecule has 4 rings (SSSR count). The number of methoxy groups -OCH3 is 1. The van der Waals surface area contributed by atoms with Gasteiger partial charge in [0.15, 0.2) is 11.5 Å². The molecule has 7 heteroatoms. The third-order valence-corrected chi connectivity index (χ3v) is 6.10. The number of carbonyl (C=O) groups excluding carboxylic acids is 1. The molecule has 4 aromatic rings. The lowest BCUT2D eigenvalue weighted by Gasteiger charge is -2.13. The fraction of sp³-hybridized carbons (Fsp3) is 0.286. The summed E-state index contributed by atoms with van der Waals surface area (Å²) in [6, 6.07) is 22.8. The molecule has 0 saturated heterocycles. The number of halogens is 1. The van der Waals surface area contributed by atoms with Crippen LogP contribution in [-0.4, -0.2) is 35.7 Å². The van der Waals surface area contributed by atoms with E-state index < -0.39 is 0 Å². The summed E-state index contributed by atoms with van der Waals surface area (Å²) in [6.45, 7) is 1.86. The second-order valence-corrected chi connectivity index (χ2v) is 8.68. The van der Waals surface area contributed by atoms with Crippen LogP contribution in [0.25, 0.3) is 11.0 Å². The molecule has 0 atom stereocenters. The van der Waals surface area contributed by atoms with E-state index in [4.69, 9.17) is 26.1 Å². The Morgan fingerprint density at radius 1 is 0.943 bits per heavy atom. The zero-order valence-corrected chi connectivity index (χ0v) is 20.6. The molecule has 1 N–H and O–H groups in total. The Balaban J connectivity index is 1.28. The number of ether oxygens (including phenoxy) is 2. The van der Waals surface area contributed by atoms with Gasteiger partial charge in [0, 0.05) is 23.6 Å². The van der Waals surface area contributed by atoms with Crippen molar-refractivity contribution in [3.63, 3.8) is 0 Å². The van der Waals surface area contributed by atoms with Gasteiger partial charge in [0.05, 0.1) is 24.7 Å². The summed E-state index contributed by atoms with van der Waals surface area (Å²) in [6.07, 6.45) is 3.78. The Hall–Kier alpha value is -3.51. The van der Waals surface area contributed by atoms with E-state index in [0.717, 1.165) is 54.0 Å². The number of nitrogens with zero attached hydrogens (tertiary/aromatic N) is 2. The standard InChI is InChI=1S/C28H30ClN3O3/c1-34-25-11-6-7-12-26(25)35-20-19-32-24-10-5-4-9-23(24)31-27(32)13-3-2-8-18-30-28(33)21-14-16-22(29)17-15-21/h4-7,9-12,14-17H,2-3,8,13,18-20H2,1H3,(H,30,33). The van der Waals surface area contributed by atoms with Gasteiger partial charge in [-0.15, -0.1) is 0 Å². The van der Waals surface area contributed by atoms with Gasteiger partial charge in [-0.25, -0.2) is 4.98 Å². The molecular weight excluding hydrogens is 462 g/mol. The summed E-state index contributed by atoms with van der Waals surface area (Å²) in [5, 5.41) is 3.60. The van der Waals surface area contributed by atoms with Crippen LogP contribution in [0.5, 0.6) is 11.5 Å². The monoisotopic (exact) mass is 491 g/mol. The normalized spacial score (nSPS) is 10.9. The molecular formula is C28H30ClN3O3. The van der Waals surface area contributed by atoms with Crippen molar-refractivity contribution in [1.82, 2.24) is 14.9 Å². The Kier molecular flexibility index (Phi) is 8.63. The van der Waals surface area contributed by atoms with E-state index in [1.807, 2.05) is 42.5 Å². The van der Waals surface area contributed by atoms with Gasteiger partial charge in [0.1, 0.15) is 12.4 Å². The van der Waals surface area contributed by atoms with E-state index in [0.29, 0.717) is 30.3 Å². The summed E-state index contributed by atoms with van der Waals surface area (Å²) in [5.74, 6) is 2.45. The van der Waals surface area contributed by atoms with E-state index in [1.165, 1.54) is 0 Å². The molecule has 0 fully saturated rings. The van der Waals surface area contributed by atoms with Crippen LogP contribution in [0.3, 0.4) is 0 Å². The maximum atomic E-state index is 12.2. The maximum Gasteiger partial charge on any atom is 0.251 e. The van der Waals surface area contributed by atoms with Crippen molar-refractivity contribution < 1.29 is 14.3 Å². The highest BCUT2D eigenvalue weighted by atomic mass is 35.5. The highest BCUT2D eigenvalue weighted by Crippen LogP contribution is 2.26. The largest absolute Gasteiger partial charge is 0.493 e. The van der Waals surface area contributed by atoms with Crippen LogP contribution in [0.1, 0.15) is 35.4 Å². The van der Waals surface area contributed by atoms with Crippen LogP contribution in [0.4, 0.5) is 0 Å². The van der Waals surface area contributed by atoms with Crippen molar-refractivity contribution in [2.24, 2.45) is 0 Å². The molecule has 0 saturated carbocycles. The number of rotatable bonds is 12. The molecule has 0 unspecified atom stereocenters. The first-order valence-electron chi connectivity index (χ1n) is 11.9. The lowest BCUT2D eigenvalue weighted by atomic mass is 10.1. The molecule has 1 heterocycles. The van der Waals surface area contributed by atoms with E-state index in [-0.39, 0.29) is 5.91 Å². The van der Waals surface area contributed by atoms with Crippen LogP contribution < -0.4 is 14.8 Å². The highest BCUT2D eigenvalue weighted by Gasteiger charge is 2.11. The number of benzene rings is 3. The van der Waals surface area contributed by atoms with Crippen molar-refractivity contribution in [2.45, 2.75) is 32.2 Å². The molecule has 1 amide bonds. The molecule has 0 aliphatic rings. The zero-order valence-electron chi connectivity index (χ0n) is 19.9. The Morgan fingerprint density at radius 3 is 2.49 bits per heavy atom.